The minimum absolute atomic E-state index is 0.347. The Balaban J connectivity index is 1.50. The third-order valence-electron chi connectivity index (χ3n) is 7.82. The van der Waals surface area contributed by atoms with Gasteiger partial charge < -0.3 is 18.5 Å². The van der Waals surface area contributed by atoms with E-state index in [2.05, 4.69) is 21.9 Å². The van der Waals surface area contributed by atoms with E-state index in [1.807, 2.05) is 60.4 Å². The first kappa shape index (κ1) is 25.3. The molecule has 3 aromatic rings. The van der Waals surface area contributed by atoms with Crippen molar-refractivity contribution >= 4 is 23.0 Å². The fraction of sp³-hybridized carbons (Fsp3) is 0.379. The number of piperidine rings is 2. The van der Waals surface area contributed by atoms with Crippen LogP contribution in [-0.2, 0) is 13.1 Å². The van der Waals surface area contributed by atoms with Crippen LogP contribution in [0.1, 0.15) is 29.9 Å². The summed E-state index contributed by atoms with van der Waals surface area (Å²) in [6.45, 7) is 4.92. The van der Waals surface area contributed by atoms with E-state index in [9.17, 15) is 10.5 Å². The van der Waals surface area contributed by atoms with Gasteiger partial charge in [0.05, 0.1) is 57.7 Å². The van der Waals surface area contributed by atoms with Crippen molar-refractivity contribution < 1.29 is 13.6 Å². The predicted octanol–water partition coefficient (Wildman–Crippen LogP) is 4.36. The molecule has 0 radical (unpaired) electrons. The van der Waals surface area contributed by atoms with Gasteiger partial charge in [-0.25, -0.2) is 0 Å². The van der Waals surface area contributed by atoms with Gasteiger partial charge in [-0.2, -0.15) is 10.5 Å². The quantitative estimate of drug-likeness (QED) is 0.404. The smallest absolute Gasteiger partial charge is 0.136 e. The second-order valence-electron chi connectivity index (χ2n) is 10.2. The molecule has 6 rings (SSSR count). The highest BCUT2D eigenvalue weighted by Gasteiger charge is 2.68. The molecule has 0 spiro atoms. The summed E-state index contributed by atoms with van der Waals surface area (Å²) >= 11 is 6.18. The lowest BCUT2D eigenvalue weighted by Gasteiger charge is -2.60. The summed E-state index contributed by atoms with van der Waals surface area (Å²) in [6, 6.07) is 20.5. The SMILES string of the molecule is CCOc1ccccc1[C@@H]1[C@@]2(C#N)CN(Cc3ccco3)C[C@@]1(C#N)C1=NCN(Cc3ccco3)CN1C2=S. The van der Waals surface area contributed by atoms with Gasteiger partial charge >= 0.3 is 0 Å². The summed E-state index contributed by atoms with van der Waals surface area (Å²) in [7, 11) is 0. The molecule has 0 amide bonds. The number of aliphatic imine (C=N–C) groups is 1. The summed E-state index contributed by atoms with van der Waals surface area (Å²) in [5.41, 5.74) is -1.52. The van der Waals surface area contributed by atoms with Crippen molar-refractivity contribution in [2.24, 2.45) is 15.8 Å². The first-order chi connectivity index (χ1) is 19.0. The van der Waals surface area contributed by atoms with E-state index in [1.54, 1.807) is 12.5 Å². The van der Waals surface area contributed by atoms with Crippen LogP contribution in [-0.4, -0.2) is 58.6 Å². The highest BCUT2D eigenvalue weighted by Crippen LogP contribution is 2.59. The Labute approximate surface area is 232 Å². The van der Waals surface area contributed by atoms with E-state index in [0.717, 1.165) is 17.1 Å². The van der Waals surface area contributed by atoms with Crippen LogP contribution in [0.3, 0.4) is 0 Å². The summed E-state index contributed by atoms with van der Waals surface area (Å²) < 4.78 is 17.2. The second-order valence-corrected chi connectivity index (χ2v) is 10.6. The molecular weight excluding hydrogens is 512 g/mol. The topological polar surface area (TPSA) is 105 Å². The van der Waals surface area contributed by atoms with Gasteiger partial charge in [-0.15, -0.1) is 0 Å². The number of fused-ring (bicyclic) bond motifs is 4. The number of nitrogens with zero attached hydrogens (tertiary/aromatic N) is 6. The lowest BCUT2D eigenvalue weighted by molar-refractivity contribution is 0.0469. The molecule has 0 N–H and O–H groups in total. The van der Waals surface area contributed by atoms with E-state index < -0.39 is 16.7 Å². The molecule has 3 aliphatic rings. The third-order valence-corrected chi connectivity index (χ3v) is 8.41. The number of amidine groups is 1. The van der Waals surface area contributed by atoms with Gasteiger partial charge in [0, 0.05) is 24.6 Å². The molecule has 0 saturated carbocycles. The Morgan fingerprint density at radius 2 is 1.64 bits per heavy atom. The number of para-hydroxylation sites is 1. The molecule has 9 nitrogen and oxygen atoms in total. The first-order valence-corrected chi connectivity index (χ1v) is 13.4. The van der Waals surface area contributed by atoms with Crippen LogP contribution in [0.5, 0.6) is 5.75 Å². The zero-order valence-electron chi connectivity index (χ0n) is 21.6. The van der Waals surface area contributed by atoms with Crippen molar-refractivity contribution in [2.45, 2.75) is 25.9 Å². The Hall–Kier alpha value is -3.96. The minimum atomic E-state index is -1.18. The monoisotopic (exact) mass is 540 g/mol. The van der Waals surface area contributed by atoms with Gasteiger partial charge in [-0.3, -0.25) is 14.8 Å². The Morgan fingerprint density at radius 3 is 2.28 bits per heavy atom. The van der Waals surface area contributed by atoms with E-state index in [1.165, 1.54) is 0 Å². The molecule has 2 aromatic heterocycles. The lowest BCUT2D eigenvalue weighted by Crippen LogP contribution is -2.73. The Kier molecular flexibility index (Phi) is 6.48. The van der Waals surface area contributed by atoms with Gasteiger partial charge in [0.1, 0.15) is 38.9 Å². The summed E-state index contributed by atoms with van der Waals surface area (Å²) in [4.78, 5) is 11.6. The molecule has 1 aromatic carbocycles. The van der Waals surface area contributed by atoms with Crippen molar-refractivity contribution in [3.63, 3.8) is 0 Å². The van der Waals surface area contributed by atoms with Crippen LogP contribution in [0.4, 0.5) is 0 Å². The van der Waals surface area contributed by atoms with Crippen molar-refractivity contribution in [3.05, 3.63) is 78.1 Å². The van der Waals surface area contributed by atoms with Crippen LogP contribution in [0.25, 0.3) is 0 Å². The number of hydrogen-bond acceptors (Lipinski definition) is 9. The molecule has 3 atom stereocenters. The van der Waals surface area contributed by atoms with Gasteiger partial charge in [-0.05, 0) is 37.3 Å². The molecule has 10 heteroatoms. The maximum Gasteiger partial charge on any atom is 0.136 e. The summed E-state index contributed by atoms with van der Waals surface area (Å²) in [5, 5.41) is 22.1. The van der Waals surface area contributed by atoms with E-state index >= 15 is 0 Å². The molecule has 198 valence electrons. The van der Waals surface area contributed by atoms with E-state index in [0.29, 0.717) is 62.7 Å². The molecule has 2 saturated heterocycles. The largest absolute Gasteiger partial charge is 0.494 e. The minimum Gasteiger partial charge on any atom is -0.494 e. The number of furan rings is 2. The van der Waals surface area contributed by atoms with Crippen LogP contribution in [0.15, 0.2) is 74.9 Å². The zero-order valence-corrected chi connectivity index (χ0v) is 22.4. The van der Waals surface area contributed by atoms with Gasteiger partial charge in [-0.1, -0.05) is 30.4 Å². The Morgan fingerprint density at radius 1 is 0.974 bits per heavy atom. The van der Waals surface area contributed by atoms with Gasteiger partial charge in [0.2, 0.25) is 0 Å². The number of likely N-dealkylation sites (tertiary alicyclic amines) is 1. The lowest BCUT2D eigenvalue weighted by atomic mass is 9.53. The maximum atomic E-state index is 11.1. The summed E-state index contributed by atoms with van der Waals surface area (Å²) in [6.07, 6.45) is 3.28. The molecule has 5 heterocycles. The predicted molar refractivity (Wildman–Crippen MR) is 146 cm³/mol. The average molecular weight is 541 g/mol. The van der Waals surface area contributed by atoms with Crippen LogP contribution in [0, 0.1) is 33.5 Å². The van der Waals surface area contributed by atoms with Crippen molar-refractivity contribution in [2.75, 3.05) is 33.0 Å². The van der Waals surface area contributed by atoms with Crippen LogP contribution >= 0.6 is 12.2 Å². The first-order valence-electron chi connectivity index (χ1n) is 12.9. The molecule has 2 fully saturated rings. The number of hydrogen-bond donors (Lipinski definition) is 0. The molecule has 0 unspecified atom stereocenters. The van der Waals surface area contributed by atoms with Crippen LogP contribution < -0.4 is 4.74 Å². The highest BCUT2D eigenvalue weighted by molar-refractivity contribution is 7.80. The molecule has 0 aliphatic carbocycles. The van der Waals surface area contributed by atoms with Gasteiger partial charge in [0.15, 0.2) is 0 Å². The fourth-order valence-electron chi connectivity index (χ4n) is 6.39. The van der Waals surface area contributed by atoms with Gasteiger partial charge in [0.25, 0.3) is 0 Å². The molecule has 39 heavy (non-hydrogen) atoms. The zero-order chi connectivity index (χ0) is 27.0. The number of benzene rings is 1. The maximum absolute atomic E-state index is 11.1. The molecule has 3 aliphatic heterocycles. The molecule has 2 bridgehead atoms. The molecular formula is C29H28N6O3S. The standard InChI is InChI=1S/C29H28N6O3S/c1-2-36-24-10-4-3-9-23(24)25-28(15-30)17-33(13-21-7-5-11-37-21)18-29(25,16-31)27(39)35-20-34(19-32-26(28)35)14-22-8-6-12-38-22/h3-12,25H,2,13-14,17-20H2,1H3/t25-,28+,29+/m0/s1. The van der Waals surface area contributed by atoms with Crippen molar-refractivity contribution in [1.82, 2.24) is 14.7 Å². The number of nitriles is 2. The number of thiocarbonyl (C=S) groups is 1. The average Bonchev–Trinajstić information content (AvgIpc) is 3.67. The van der Waals surface area contributed by atoms with Crippen molar-refractivity contribution in [1.29, 1.82) is 10.5 Å². The fourth-order valence-corrected chi connectivity index (χ4v) is 6.77. The normalized spacial score (nSPS) is 26.8. The van der Waals surface area contributed by atoms with E-state index in [-0.39, 0.29) is 0 Å². The van der Waals surface area contributed by atoms with Crippen molar-refractivity contribution in [3.8, 4) is 17.9 Å². The number of rotatable bonds is 7. The third kappa shape index (κ3) is 4.04. The second kappa shape index (κ2) is 9.97. The van der Waals surface area contributed by atoms with E-state index in [4.69, 9.17) is 30.8 Å². The number of ether oxygens (including phenoxy) is 1. The Bertz CT molecular complexity index is 1470. The summed E-state index contributed by atoms with van der Waals surface area (Å²) in [5.74, 6) is 2.29. The van der Waals surface area contributed by atoms with Crippen LogP contribution in [0.2, 0.25) is 0 Å². The highest BCUT2D eigenvalue weighted by atomic mass is 32.1.